The molecule has 0 saturated carbocycles. The van der Waals surface area contributed by atoms with Gasteiger partial charge >= 0.3 is 0 Å². The first-order valence-electron chi connectivity index (χ1n) is 6.48. The molecular formula is C16H18N2O3. The number of hydrogen-bond acceptors (Lipinski definition) is 4. The molecule has 0 aliphatic heterocycles. The third-order valence-corrected chi connectivity index (χ3v) is 3.40. The van der Waals surface area contributed by atoms with E-state index in [1.807, 2.05) is 19.9 Å². The van der Waals surface area contributed by atoms with Crippen molar-refractivity contribution in [1.82, 2.24) is 0 Å². The number of hydrogen-bond donors (Lipinski definition) is 3. The van der Waals surface area contributed by atoms with E-state index >= 15 is 0 Å². The van der Waals surface area contributed by atoms with Crippen LogP contribution in [0.4, 0.5) is 11.4 Å². The summed E-state index contributed by atoms with van der Waals surface area (Å²) >= 11 is 0. The van der Waals surface area contributed by atoms with E-state index in [4.69, 9.17) is 10.5 Å². The van der Waals surface area contributed by atoms with Crippen LogP contribution in [0.1, 0.15) is 21.5 Å². The molecule has 0 radical (unpaired) electrons. The lowest BCUT2D eigenvalue weighted by atomic mass is 10.1. The van der Waals surface area contributed by atoms with Gasteiger partial charge < -0.3 is 20.9 Å². The van der Waals surface area contributed by atoms with Crippen LogP contribution in [0.3, 0.4) is 0 Å². The molecule has 2 aromatic rings. The predicted molar refractivity (Wildman–Crippen MR) is 82.9 cm³/mol. The van der Waals surface area contributed by atoms with Crippen LogP contribution < -0.4 is 15.8 Å². The van der Waals surface area contributed by atoms with Gasteiger partial charge in [0, 0.05) is 11.4 Å². The molecule has 0 heterocycles. The van der Waals surface area contributed by atoms with Gasteiger partial charge in [0.15, 0.2) is 0 Å². The summed E-state index contributed by atoms with van der Waals surface area (Å²) in [4.78, 5) is 12.4. The Morgan fingerprint density at radius 2 is 1.95 bits per heavy atom. The summed E-state index contributed by atoms with van der Waals surface area (Å²) < 4.78 is 5.07. The Balaban J connectivity index is 2.37. The summed E-state index contributed by atoms with van der Waals surface area (Å²) in [7, 11) is 1.50. The smallest absolute Gasteiger partial charge is 0.259 e. The van der Waals surface area contributed by atoms with Gasteiger partial charge in [0.2, 0.25) is 0 Å². The van der Waals surface area contributed by atoms with Crippen molar-refractivity contribution in [2.75, 3.05) is 18.2 Å². The SMILES string of the molecule is COc1ccc(O)c(C(=O)Nc2c(C)ccc(N)c2C)c1. The molecule has 4 N–H and O–H groups in total. The monoisotopic (exact) mass is 286 g/mol. The Hall–Kier alpha value is -2.69. The number of phenols is 1. The first kappa shape index (κ1) is 14.7. The van der Waals surface area contributed by atoms with E-state index in [0.29, 0.717) is 17.1 Å². The number of aryl methyl sites for hydroxylation is 1. The van der Waals surface area contributed by atoms with Crippen LogP contribution in [-0.2, 0) is 0 Å². The highest BCUT2D eigenvalue weighted by atomic mass is 16.5. The summed E-state index contributed by atoms with van der Waals surface area (Å²) in [6, 6.07) is 8.13. The maximum atomic E-state index is 12.4. The average Bonchev–Trinajstić information content (AvgIpc) is 2.48. The summed E-state index contributed by atoms with van der Waals surface area (Å²) in [5.41, 5.74) is 8.96. The zero-order valence-electron chi connectivity index (χ0n) is 12.2. The van der Waals surface area contributed by atoms with Gasteiger partial charge in [0.05, 0.1) is 12.7 Å². The predicted octanol–water partition coefficient (Wildman–Crippen LogP) is 2.85. The van der Waals surface area contributed by atoms with Gasteiger partial charge in [-0.15, -0.1) is 0 Å². The van der Waals surface area contributed by atoms with Gasteiger partial charge in [-0.25, -0.2) is 0 Å². The Morgan fingerprint density at radius 3 is 2.62 bits per heavy atom. The van der Waals surface area contributed by atoms with Crippen LogP contribution >= 0.6 is 0 Å². The Kier molecular flexibility index (Phi) is 4.03. The third-order valence-electron chi connectivity index (χ3n) is 3.40. The first-order valence-corrected chi connectivity index (χ1v) is 6.48. The molecule has 0 saturated heterocycles. The number of benzene rings is 2. The van der Waals surface area contributed by atoms with E-state index in [1.165, 1.54) is 19.2 Å². The van der Waals surface area contributed by atoms with E-state index in [2.05, 4.69) is 5.32 Å². The molecular weight excluding hydrogens is 268 g/mol. The number of amides is 1. The van der Waals surface area contributed by atoms with Crippen LogP contribution in [0.25, 0.3) is 0 Å². The lowest BCUT2D eigenvalue weighted by Gasteiger charge is -2.14. The van der Waals surface area contributed by atoms with Gasteiger partial charge in [-0.3, -0.25) is 4.79 Å². The molecule has 1 amide bonds. The van der Waals surface area contributed by atoms with Crippen molar-refractivity contribution in [2.24, 2.45) is 0 Å². The fraction of sp³-hybridized carbons (Fsp3) is 0.188. The second kappa shape index (κ2) is 5.75. The molecule has 2 aromatic carbocycles. The third kappa shape index (κ3) is 2.91. The number of nitrogen functional groups attached to an aromatic ring is 1. The van der Waals surface area contributed by atoms with E-state index < -0.39 is 5.91 Å². The number of nitrogens with two attached hydrogens (primary N) is 1. The van der Waals surface area contributed by atoms with Crippen molar-refractivity contribution < 1.29 is 14.6 Å². The second-order valence-corrected chi connectivity index (χ2v) is 4.81. The second-order valence-electron chi connectivity index (χ2n) is 4.81. The molecule has 21 heavy (non-hydrogen) atoms. The van der Waals surface area contributed by atoms with E-state index in [-0.39, 0.29) is 11.3 Å². The molecule has 0 spiro atoms. The fourth-order valence-corrected chi connectivity index (χ4v) is 2.06. The number of methoxy groups -OCH3 is 1. The maximum absolute atomic E-state index is 12.4. The Bertz CT molecular complexity index is 696. The number of nitrogens with one attached hydrogen (secondary N) is 1. The van der Waals surface area contributed by atoms with Crippen molar-refractivity contribution in [3.63, 3.8) is 0 Å². The number of carbonyl (C=O) groups is 1. The minimum atomic E-state index is -0.414. The van der Waals surface area contributed by atoms with Gasteiger partial charge in [-0.2, -0.15) is 0 Å². The molecule has 5 heteroatoms. The molecule has 0 bridgehead atoms. The topological polar surface area (TPSA) is 84.6 Å². The number of rotatable bonds is 3. The fourth-order valence-electron chi connectivity index (χ4n) is 2.06. The normalized spacial score (nSPS) is 10.2. The molecule has 0 unspecified atom stereocenters. The molecule has 0 atom stereocenters. The summed E-state index contributed by atoms with van der Waals surface area (Å²) in [5, 5.41) is 12.6. The van der Waals surface area contributed by atoms with Crippen LogP contribution in [0.5, 0.6) is 11.5 Å². The van der Waals surface area contributed by atoms with E-state index in [9.17, 15) is 9.90 Å². The number of carbonyl (C=O) groups excluding carboxylic acids is 1. The highest BCUT2D eigenvalue weighted by molar-refractivity contribution is 6.07. The number of anilines is 2. The molecule has 5 nitrogen and oxygen atoms in total. The lowest BCUT2D eigenvalue weighted by molar-refractivity contribution is 0.102. The number of ether oxygens (including phenoxy) is 1. The van der Waals surface area contributed by atoms with Crippen molar-refractivity contribution in [3.8, 4) is 11.5 Å². The standard InChI is InChI=1S/C16H18N2O3/c1-9-4-6-13(17)10(2)15(9)18-16(20)12-8-11(21-3)5-7-14(12)19/h4-8,19H,17H2,1-3H3,(H,18,20). The number of phenolic OH excluding ortho intramolecular Hbond substituents is 1. The zero-order valence-corrected chi connectivity index (χ0v) is 12.2. The van der Waals surface area contributed by atoms with E-state index in [0.717, 1.165) is 11.1 Å². The van der Waals surface area contributed by atoms with E-state index in [1.54, 1.807) is 12.1 Å². The largest absolute Gasteiger partial charge is 0.507 e. The first-order chi connectivity index (χ1) is 9.93. The zero-order chi connectivity index (χ0) is 15.6. The summed E-state index contributed by atoms with van der Waals surface area (Å²) in [6.07, 6.45) is 0. The van der Waals surface area contributed by atoms with Crippen LogP contribution in [-0.4, -0.2) is 18.1 Å². The van der Waals surface area contributed by atoms with Gasteiger partial charge in [-0.05, 0) is 49.2 Å². The van der Waals surface area contributed by atoms with Gasteiger partial charge in [0.1, 0.15) is 11.5 Å². The van der Waals surface area contributed by atoms with Crippen molar-refractivity contribution >= 4 is 17.3 Å². The quantitative estimate of drug-likeness (QED) is 0.757. The molecule has 110 valence electrons. The van der Waals surface area contributed by atoms with Crippen molar-refractivity contribution in [1.29, 1.82) is 0 Å². The van der Waals surface area contributed by atoms with Gasteiger partial charge in [0.25, 0.3) is 5.91 Å². The van der Waals surface area contributed by atoms with Gasteiger partial charge in [-0.1, -0.05) is 6.07 Å². The minimum absolute atomic E-state index is 0.104. The number of aromatic hydroxyl groups is 1. The van der Waals surface area contributed by atoms with Crippen molar-refractivity contribution in [3.05, 3.63) is 47.0 Å². The van der Waals surface area contributed by atoms with Crippen LogP contribution in [0, 0.1) is 13.8 Å². The maximum Gasteiger partial charge on any atom is 0.259 e. The highest BCUT2D eigenvalue weighted by Crippen LogP contribution is 2.28. The summed E-state index contributed by atoms with van der Waals surface area (Å²) in [5.74, 6) is -0.0188. The van der Waals surface area contributed by atoms with Crippen LogP contribution in [0.2, 0.25) is 0 Å². The Morgan fingerprint density at radius 1 is 1.24 bits per heavy atom. The average molecular weight is 286 g/mol. The molecule has 2 rings (SSSR count). The lowest BCUT2D eigenvalue weighted by Crippen LogP contribution is -2.14. The van der Waals surface area contributed by atoms with Crippen LogP contribution in [0.15, 0.2) is 30.3 Å². The Labute approximate surface area is 123 Å². The molecule has 0 aliphatic carbocycles. The highest BCUT2D eigenvalue weighted by Gasteiger charge is 2.15. The molecule has 0 aliphatic rings. The summed E-state index contributed by atoms with van der Waals surface area (Å²) in [6.45, 7) is 3.72. The molecule has 0 fully saturated rings. The minimum Gasteiger partial charge on any atom is -0.507 e. The molecule has 0 aromatic heterocycles. The van der Waals surface area contributed by atoms with Crippen molar-refractivity contribution in [2.45, 2.75) is 13.8 Å².